The molecule has 0 aliphatic heterocycles. The topological polar surface area (TPSA) is 38.9 Å². The third-order valence-corrected chi connectivity index (χ3v) is 1.39. The summed E-state index contributed by atoms with van der Waals surface area (Å²) in [6.07, 6.45) is 1.64. The minimum atomic E-state index is 0.713. The van der Waals surface area contributed by atoms with Gasteiger partial charge in [-0.05, 0) is 34.7 Å². The third-order valence-electron chi connectivity index (χ3n) is 0.750. The summed E-state index contributed by atoms with van der Waals surface area (Å²) in [5.41, 5.74) is 6.07. The Morgan fingerprint density at radius 2 is 2.18 bits per heavy atom. The van der Waals surface area contributed by atoms with E-state index in [-0.39, 0.29) is 0 Å². The molecule has 0 aromatic carbocycles. The molecule has 0 aliphatic rings. The van der Waals surface area contributed by atoms with Gasteiger partial charge in [0.15, 0.2) is 0 Å². The van der Waals surface area contributed by atoms with Crippen LogP contribution in [0.25, 0.3) is 0 Å². The standard InChI is InChI=1S/C5H5IN2.C2H3.Sn.3H/c6-5-2-1-4(7)3-8-5;1-2;;;;/h1-3H,7H2;1H,2H2;;;;. The van der Waals surface area contributed by atoms with Gasteiger partial charge in [0.05, 0.1) is 11.9 Å². The van der Waals surface area contributed by atoms with Gasteiger partial charge in [-0.25, -0.2) is 4.98 Å². The van der Waals surface area contributed by atoms with Crippen LogP contribution in [0.5, 0.6) is 0 Å². The fraction of sp³-hybridized carbons (Fsp3) is 0. The first kappa shape index (κ1) is 11.2. The number of nitrogens with zero attached hydrogens (tertiary/aromatic N) is 1. The monoisotopic (exact) mass is 370 g/mol. The van der Waals surface area contributed by atoms with Crippen molar-refractivity contribution in [1.82, 2.24) is 4.98 Å². The van der Waals surface area contributed by atoms with Gasteiger partial charge < -0.3 is 5.73 Å². The van der Waals surface area contributed by atoms with Crippen LogP contribution in [-0.2, 0) is 0 Å². The SMILES string of the molecule is C=[CH][SnH3].Nc1ccc(I)nc1. The van der Waals surface area contributed by atoms with Gasteiger partial charge in [-0.15, -0.1) is 0 Å². The molecule has 0 atom stereocenters. The van der Waals surface area contributed by atoms with E-state index in [0.717, 1.165) is 26.2 Å². The summed E-state index contributed by atoms with van der Waals surface area (Å²) in [4.78, 5) is 3.94. The minimum Gasteiger partial charge on any atom is -0.397 e. The van der Waals surface area contributed by atoms with Crippen molar-refractivity contribution in [3.63, 3.8) is 0 Å². The molecule has 60 valence electrons. The molecule has 2 N–H and O–H groups in total. The molecule has 0 fully saturated rings. The molecule has 1 rings (SSSR count). The van der Waals surface area contributed by atoms with Gasteiger partial charge in [0, 0.05) is 0 Å². The van der Waals surface area contributed by atoms with E-state index in [1.807, 2.05) is 16.2 Å². The zero-order valence-corrected chi connectivity index (χ0v) is 14.3. The molecule has 0 amide bonds. The molecule has 0 unspecified atom stereocenters. The van der Waals surface area contributed by atoms with Crippen molar-refractivity contribution in [3.8, 4) is 0 Å². The zero-order valence-electron chi connectivity index (χ0n) is 6.42. The van der Waals surface area contributed by atoms with Crippen molar-refractivity contribution in [3.05, 3.63) is 32.7 Å². The third kappa shape index (κ3) is 6.61. The predicted octanol–water partition coefficient (Wildman–Crippen LogP) is 0.764. The van der Waals surface area contributed by atoms with Gasteiger partial charge in [0.1, 0.15) is 3.70 Å². The molecular weight excluding hydrogens is 358 g/mol. The summed E-state index contributed by atoms with van der Waals surface area (Å²) in [5.74, 6) is 0. The number of nitrogen functional groups attached to an aromatic ring is 1. The molecule has 0 bridgehead atoms. The number of anilines is 1. The Bertz CT molecular complexity index is 189. The molecule has 2 nitrogen and oxygen atoms in total. The average molecular weight is 369 g/mol. The van der Waals surface area contributed by atoms with Crippen LogP contribution >= 0.6 is 22.6 Å². The van der Waals surface area contributed by atoms with E-state index in [1.54, 1.807) is 6.20 Å². The number of halogens is 1. The zero-order chi connectivity index (χ0) is 8.69. The predicted molar refractivity (Wildman–Crippen MR) is 61.5 cm³/mol. The van der Waals surface area contributed by atoms with Gasteiger partial charge in [0.25, 0.3) is 0 Å². The maximum absolute atomic E-state index is 5.36. The molecule has 0 radical (unpaired) electrons. The molecule has 0 spiro atoms. The molecule has 0 saturated carbocycles. The Labute approximate surface area is 93.5 Å². The molecule has 1 aromatic rings. The van der Waals surface area contributed by atoms with Crippen molar-refractivity contribution >= 4 is 50.8 Å². The first-order valence-corrected chi connectivity index (χ1v) is 7.52. The van der Waals surface area contributed by atoms with Crippen LogP contribution in [0.15, 0.2) is 29.0 Å². The minimum absolute atomic E-state index is 0.713. The van der Waals surface area contributed by atoms with Crippen LogP contribution in [0.1, 0.15) is 0 Å². The van der Waals surface area contributed by atoms with Gasteiger partial charge in [-0.3, -0.25) is 0 Å². The Kier molecular flexibility index (Phi) is 7.04. The molecule has 0 aliphatic carbocycles. The quantitative estimate of drug-likeness (QED) is 0.417. The molecule has 0 saturated heterocycles. The van der Waals surface area contributed by atoms with Crippen LogP contribution in [0.3, 0.4) is 0 Å². The van der Waals surface area contributed by atoms with Crippen molar-refractivity contribution in [1.29, 1.82) is 0 Å². The smallest absolute Gasteiger partial charge is 0.101 e. The van der Waals surface area contributed by atoms with Crippen LogP contribution in [0.2, 0.25) is 0 Å². The van der Waals surface area contributed by atoms with E-state index in [1.165, 1.54) is 0 Å². The van der Waals surface area contributed by atoms with Gasteiger partial charge in [-0.2, -0.15) is 0 Å². The van der Waals surface area contributed by atoms with Gasteiger partial charge in [-0.1, -0.05) is 0 Å². The second-order valence-electron chi connectivity index (χ2n) is 1.82. The summed E-state index contributed by atoms with van der Waals surface area (Å²) in [6, 6.07) is 3.70. The van der Waals surface area contributed by atoms with E-state index < -0.39 is 0 Å². The summed E-state index contributed by atoms with van der Waals surface area (Å²) in [5, 5.41) is 0. The Hall–Kier alpha value is 0.219. The average Bonchev–Trinajstić information content (AvgIpc) is 1.97. The number of nitrogens with two attached hydrogens (primary N) is 1. The summed E-state index contributed by atoms with van der Waals surface area (Å²) < 4.78 is 2.93. The first-order valence-electron chi connectivity index (χ1n) is 3.14. The van der Waals surface area contributed by atoms with Gasteiger partial charge in [0.2, 0.25) is 0 Å². The number of pyridine rings is 1. The molecule has 1 aromatic heterocycles. The van der Waals surface area contributed by atoms with Gasteiger partial charge >= 0.3 is 33.2 Å². The number of hydrogen-bond donors (Lipinski definition) is 1. The maximum Gasteiger partial charge on any atom is 0.101 e. The maximum atomic E-state index is 5.36. The molecule has 1 heterocycles. The van der Waals surface area contributed by atoms with E-state index in [0.29, 0.717) is 5.69 Å². The van der Waals surface area contributed by atoms with E-state index >= 15 is 0 Å². The van der Waals surface area contributed by atoms with Crippen molar-refractivity contribution in [2.75, 3.05) is 5.73 Å². The second kappa shape index (κ2) is 6.90. The van der Waals surface area contributed by atoms with Crippen LogP contribution in [0.4, 0.5) is 5.69 Å². The Morgan fingerprint density at radius 3 is 2.45 bits per heavy atom. The van der Waals surface area contributed by atoms with Crippen LogP contribution < -0.4 is 5.73 Å². The number of aromatic nitrogens is 1. The Morgan fingerprint density at radius 1 is 1.64 bits per heavy atom. The van der Waals surface area contributed by atoms with Crippen molar-refractivity contribution in [2.45, 2.75) is 0 Å². The normalized spacial score (nSPS) is 8.09. The largest absolute Gasteiger partial charge is 0.397 e. The molecule has 4 heteroatoms. The fourth-order valence-corrected chi connectivity index (χ4v) is 0.706. The second-order valence-corrected chi connectivity index (χ2v) is 5.26. The van der Waals surface area contributed by atoms with Crippen molar-refractivity contribution < 1.29 is 0 Å². The summed E-state index contributed by atoms with van der Waals surface area (Å²) in [6.45, 7) is 3.45. The van der Waals surface area contributed by atoms with Crippen LogP contribution in [0, 0.1) is 3.70 Å². The van der Waals surface area contributed by atoms with E-state index in [2.05, 4.69) is 34.2 Å². The van der Waals surface area contributed by atoms with Crippen LogP contribution in [-0.4, -0.2) is 27.5 Å². The molecule has 11 heavy (non-hydrogen) atoms. The summed E-state index contributed by atoms with van der Waals surface area (Å²) >= 11 is 2.88. The Balaban J connectivity index is 0.000000292. The van der Waals surface area contributed by atoms with E-state index in [4.69, 9.17) is 5.73 Å². The summed E-state index contributed by atoms with van der Waals surface area (Å²) in [7, 11) is 0. The van der Waals surface area contributed by atoms with Crippen molar-refractivity contribution in [2.24, 2.45) is 0 Å². The number of rotatable bonds is 0. The number of hydrogen-bond acceptors (Lipinski definition) is 2. The van der Waals surface area contributed by atoms with E-state index in [9.17, 15) is 0 Å². The first-order chi connectivity index (χ1) is 5.20. The fourth-order valence-electron chi connectivity index (χ4n) is 0.387. The molecular formula is C7H11IN2Sn.